The van der Waals surface area contributed by atoms with Gasteiger partial charge >= 0.3 is 0 Å². The van der Waals surface area contributed by atoms with E-state index in [9.17, 15) is 4.39 Å². The zero-order chi connectivity index (χ0) is 14.3. The predicted octanol–water partition coefficient (Wildman–Crippen LogP) is 2.59. The minimum absolute atomic E-state index is 0.0723. The van der Waals surface area contributed by atoms with Gasteiger partial charge in [-0.1, -0.05) is 13.8 Å². The van der Waals surface area contributed by atoms with Gasteiger partial charge in [0.25, 0.3) is 0 Å². The van der Waals surface area contributed by atoms with Crippen molar-refractivity contribution in [2.24, 2.45) is 5.41 Å². The predicted molar refractivity (Wildman–Crippen MR) is 72.9 cm³/mol. The molecule has 1 aromatic rings. The summed E-state index contributed by atoms with van der Waals surface area (Å²) >= 11 is 0. The SMILES string of the molecule is CC(C)(CCCO)CNCc1cc(F)ccc1C#N. The molecule has 0 atom stereocenters. The molecule has 0 aliphatic carbocycles. The van der Waals surface area contributed by atoms with Crippen LogP contribution in [0, 0.1) is 22.6 Å². The van der Waals surface area contributed by atoms with E-state index in [1.807, 2.05) is 0 Å². The molecule has 0 unspecified atom stereocenters. The summed E-state index contributed by atoms with van der Waals surface area (Å²) in [5.41, 5.74) is 1.26. The van der Waals surface area contributed by atoms with Crippen molar-refractivity contribution in [2.75, 3.05) is 13.2 Å². The van der Waals surface area contributed by atoms with E-state index >= 15 is 0 Å². The van der Waals surface area contributed by atoms with Gasteiger partial charge in [0.05, 0.1) is 11.6 Å². The molecule has 3 nitrogen and oxygen atoms in total. The number of hydrogen-bond donors (Lipinski definition) is 2. The Morgan fingerprint density at radius 2 is 2.16 bits per heavy atom. The average molecular weight is 264 g/mol. The summed E-state index contributed by atoms with van der Waals surface area (Å²) in [6, 6.07) is 6.26. The van der Waals surface area contributed by atoms with Crippen LogP contribution in [0.5, 0.6) is 0 Å². The number of benzene rings is 1. The number of rotatable bonds is 7. The van der Waals surface area contributed by atoms with Gasteiger partial charge in [-0.2, -0.15) is 5.26 Å². The minimum Gasteiger partial charge on any atom is -0.396 e. The average Bonchev–Trinajstić information content (AvgIpc) is 2.36. The van der Waals surface area contributed by atoms with Gasteiger partial charge in [0.1, 0.15) is 5.82 Å². The number of nitrogens with zero attached hydrogens (tertiary/aromatic N) is 1. The van der Waals surface area contributed by atoms with Gasteiger partial charge in [0, 0.05) is 19.7 Å². The summed E-state index contributed by atoms with van der Waals surface area (Å²) in [5.74, 6) is -0.324. The summed E-state index contributed by atoms with van der Waals surface area (Å²) in [4.78, 5) is 0. The Hall–Kier alpha value is -1.44. The van der Waals surface area contributed by atoms with E-state index in [4.69, 9.17) is 10.4 Å². The van der Waals surface area contributed by atoms with E-state index in [1.54, 1.807) is 0 Å². The number of hydrogen-bond acceptors (Lipinski definition) is 3. The molecule has 0 heterocycles. The van der Waals surface area contributed by atoms with Crippen LogP contribution in [-0.4, -0.2) is 18.3 Å². The monoisotopic (exact) mass is 264 g/mol. The van der Waals surface area contributed by atoms with Crippen LogP contribution < -0.4 is 5.32 Å². The summed E-state index contributed by atoms with van der Waals surface area (Å²) in [5, 5.41) is 21.0. The quantitative estimate of drug-likeness (QED) is 0.796. The fourth-order valence-corrected chi connectivity index (χ4v) is 2.00. The fourth-order valence-electron chi connectivity index (χ4n) is 2.00. The molecule has 0 aliphatic rings. The molecule has 0 amide bonds. The van der Waals surface area contributed by atoms with E-state index in [2.05, 4.69) is 25.2 Å². The lowest BCUT2D eigenvalue weighted by Gasteiger charge is -2.24. The highest BCUT2D eigenvalue weighted by Crippen LogP contribution is 2.21. The van der Waals surface area contributed by atoms with Gasteiger partial charge in [-0.3, -0.25) is 0 Å². The maximum atomic E-state index is 13.1. The molecule has 1 rings (SSSR count). The molecule has 19 heavy (non-hydrogen) atoms. The summed E-state index contributed by atoms with van der Waals surface area (Å²) < 4.78 is 13.1. The molecule has 0 spiro atoms. The van der Waals surface area contributed by atoms with Crippen molar-refractivity contribution < 1.29 is 9.50 Å². The van der Waals surface area contributed by atoms with Crippen molar-refractivity contribution in [3.63, 3.8) is 0 Å². The van der Waals surface area contributed by atoms with Crippen LogP contribution in [0.15, 0.2) is 18.2 Å². The number of nitriles is 1. The maximum Gasteiger partial charge on any atom is 0.123 e. The first-order valence-electron chi connectivity index (χ1n) is 6.48. The van der Waals surface area contributed by atoms with Gasteiger partial charge in [-0.15, -0.1) is 0 Å². The third-order valence-corrected chi connectivity index (χ3v) is 3.12. The van der Waals surface area contributed by atoms with Crippen molar-refractivity contribution in [2.45, 2.75) is 33.2 Å². The van der Waals surface area contributed by atoms with E-state index < -0.39 is 0 Å². The number of aliphatic hydroxyl groups excluding tert-OH is 1. The van der Waals surface area contributed by atoms with Crippen LogP contribution in [-0.2, 0) is 6.54 Å². The first-order chi connectivity index (χ1) is 8.98. The Bertz CT molecular complexity index is 452. The summed E-state index contributed by atoms with van der Waals surface area (Å²) in [6.07, 6.45) is 1.70. The van der Waals surface area contributed by atoms with Gasteiger partial charge < -0.3 is 10.4 Å². The highest BCUT2D eigenvalue weighted by molar-refractivity contribution is 5.37. The van der Waals surface area contributed by atoms with Gasteiger partial charge in [-0.25, -0.2) is 4.39 Å². The number of nitrogens with one attached hydrogen (secondary N) is 1. The molecule has 0 aromatic heterocycles. The van der Waals surface area contributed by atoms with E-state index in [0.717, 1.165) is 19.4 Å². The molecule has 0 radical (unpaired) electrons. The third-order valence-electron chi connectivity index (χ3n) is 3.12. The van der Waals surface area contributed by atoms with Crippen LogP contribution in [0.4, 0.5) is 4.39 Å². The lowest BCUT2D eigenvalue weighted by Crippen LogP contribution is -2.29. The molecule has 0 saturated heterocycles. The maximum absolute atomic E-state index is 13.1. The molecule has 0 bridgehead atoms. The van der Waals surface area contributed by atoms with E-state index in [1.165, 1.54) is 18.2 Å². The first kappa shape index (κ1) is 15.6. The second-order valence-electron chi connectivity index (χ2n) is 5.51. The van der Waals surface area contributed by atoms with Crippen LogP contribution in [0.2, 0.25) is 0 Å². The van der Waals surface area contributed by atoms with Crippen molar-refractivity contribution in [3.05, 3.63) is 35.1 Å². The standard InChI is InChI=1S/C15H21FN2O/c1-15(2,6-3-7-19)11-18-10-13-8-14(16)5-4-12(13)9-17/h4-5,8,18-19H,3,6-7,10-11H2,1-2H3. The molecule has 0 saturated carbocycles. The molecule has 2 N–H and O–H groups in total. The lowest BCUT2D eigenvalue weighted by molar-refractivity contribution is 0.236. The van der Waals surface area contributed by atoms with Gasteiger partial charge in [0.2, 0.25) is 0 Å². The Kier molecular flexibility index (Phi) is 5.94. The van der Waals surface area contributed by atoms with Gasteiger partial charge in [-0.05, 0) is 42.0 Å². The smallest absolute Gasteiger partial charge is 0.123 e. The molecular formula is C15H21FN2O. The number of aliphatic hydroxyl groups is 1. The van der Waals surface area contributed by atoms with Crippen molar-refractivity contribution in [1.29, 1.82) is 5.26 Å². The Morgan fingerprint density at radius 1 is 1.42 bits per heavy atom. The second-order valence-corrected chi connectivity index (χ2v) is 5.51. The van der Waals surface area contributed by atoms with E-state index in [0.29, 0.717) is 17.7 Å². The summed E-state index contributed by atoms with van der Waals surface area (Å²) in [6.45, 7) is 5.67. The zero-order valence-corrected chi connectivity index (χ0v) is 11.5. The Balaban J connectivity index is 2.53. The number of halogens is 1. The Morgan fingerprint density at radius 3 is 2.79 bits per heavy atom. The normalized spacial score (nSPS) is 11.3. The van der Waals surface area contributed by atoms with Crippen LogP contribution >= 0.6 is 0 Å². The van der Waals surface area contributed by atoms with Gasteiger partial charge in [0.15, 0.2) is 0 Å². The molecular weight excluding hydrogens is 243 g/mol. The molecule has 1 aromatic carbocycles. The molecule has 0 fully saturated rings. The first-order valence-corrected chi connectivity index (χ1v) is 6.48. The molecule has 0 aliphatic heterocycles. The molecule has 104 valence electrons. The van der Waals surface area contributed by atoms with Crippen molar-refractivity contribution >= 4 is 0 Å². The van der Waals surface area contributed by atoms with Crippen LogP contribution in [0.1, 0.15) is 37.8 Å². The highest BCUT2D eigenvalue weighted by atomic mass is 19.1. The topological polar surface area (TPSA) is 56.0 Å². The lowest BCUT2D eigenvalue weighted by atomic mass is 9.88. The van der Waals surface area contributed by atoms with Crippen molar-refractivity contribution in [1.82, 2.24) is 5.32 Å². The van der Waals surface area contributed by atoms with E-state index in [-0.39, 0.29) is 17.8 Å². The third kappa shape index (κ3) is 5.37. The second kappa shape index (κ2) is 7.22. The summed E-state index contributed by atoms with van der Waals surface area (Å²) in [7, 11) is 0. The largest absolute Gasteiger partial charge is 0.396 e. The van der Waals surface area contributed by atoms with Crippen LogP contribution in [0.3, 0.4) is 0 Å². The molecule has 4 heteroatoms. The fraction of sp³-hybridized carbons (Fsp3) is 0.533. The highest BCUT2D eigenvalue weighted by Gasteiger charge is 2.16. The van der Waals surface area contributed by atoms with Crippen LogP contribution in [0.25, 0.3) is 0 Å². The zero-order valence-electron chi connectivity index (χ0n) is 11.5. The van der Waals surface area contributed by atoms with Crippen molar-refractivity contribution in [3.8, 4) is 6.07 Å². The Labute approximate surface area is 114 Å². The minimum atomic E-state index is -0.324.